The summed E-state index contributed by atoms with van der Waals surface area (Å²) in [5.74, 6) is -1.02. The van der Waals surface area contributed by atoms with Crippen LogP contribution in [0.5, 0.6) is 0 Å². The molecule has 1 aromatic rings. The van der Waals surface area contributed by atoms with Gasteiger partial charge >= 0.3 is 5.97 Å². The maximum atomic E-state index is 12.9. The van der Waals surface area contributed by atoms with Crippen LogP contribution in [-0.4, -0.2) is 34.0 Å². The first kappa shape index (κ1) is 14.4. The van der Waals surface area contributed by atoms with Crippen LogP contribution in [0.1, 0.15) is 53.7 Å². The third-order valence-corrected chi connectivity index (χ3v) is 7.49. The fraction of sp³-hybridized carbons (Fsp3) is 0.579. The Labute approximate surface area is 143 Å². The maximum Gasteiger partial charge on any atom is 0.313 e. The van der Waals surface area contributed by atoms with E-state index in [-0.39, 0.29) is 29.8 Å². The first-order chi connectivity index (χ1) is 11.8. The zero-order valence-electron chi connectivity index (χ0n) is 13.9. The van der Waals surface area contributed by atoms with E-state index in [2.05, 4.69) is 0 Å². The van der Waals surface area contributed by atoms with Crippen molar-refractivity contribution in [3.05, 3.63) is 44.6 Å². The number of aliphatic hydroxyl groups is 2. The number of esters is 1. The van der Waals surface area contributed by atoms with Crippen molar-refractivity contribution in [3.8, 4) is 0 Å². The van der Waals surface area contributed by atoms with Crippen molar-refractivity contribution in [2.45, 2.75) is 56.2 Å². The summed E-state index contributed by atoms with van der Waals surface area (Å²) in [6, 6.07) is 2.96. The van der Waals surface area contributed by atoms with E-state index < -0.39 is 35.2 Å². The number of ether oxygens (including phenoxy) is 2. The lowest BCUT2D eigenvalue weighted by molar-refractivity contribution is -0.248. The van der Waals surface area contributed by atoms with Gasteiger partial charge in [0.1, 0.15) is 17.8 Å². The zero-order chi connectivity index (χ0) is 17.5. The van der Waals surface area contributed by atoms with Gasteiger partial charge in [0.15, 0.2) is 11.5 Å². The second-order valence-electron chi connectivity index (χ2n) is 8.33. The second-order valence-corrected chi connectivity index (χ2v) is 8.33. The largest absolute Gasteiger partial charge is 0.456 e. The van der Waals surface area contributed by atoms with Crippen molar-refractivity contribution in [1.82, 2.24) is 0 Å². The molecule has 4 bridgehead atoms. The fourth-order valence-electron chi connectivity index (χ4n) is 6.59. The zero-order valence-corrected chi connectivity index (χ0v) is 13.9. The number of fused-ring (bicyclic) bond motifs is 2. The van der Waals surface area contributed by atoms with E-state index in [1.54, 1.807) is 0 Å². The highest BCUT2D eigenvalue weighted by Crippen LogP contribution is 2.76. The van der Waals surface area contributed by atoms with Crippen LogP contribution in [0, 0.1) is 18.3 Å². The molecule has 3 aliphatic heterocycles. The molecule has 1 spiro atoms. The Morgan fingerprint density at radius 3 is 2.76 bits per heavy atom. The predicted octanol–water partition coefficient (Wildman–Crippen LogP) is 0.622. The Bertz CT molecular complexity index is 940. The number of hydrogen-bond acceptors (Lipinski definition) is 6. The topological polar surface area (TPSA) is 93.1 Å². The normalized spacial score (nSPS) is 50.2. The van der Waals surface area contributed by atoms with Crippen LogP contribution in [-0.2, 0) is 14.3 Å². The van der Waals surface area contributed by atoms with Gasteiger partial charge in [-0.3, -0.25) is 9.59 Å². The van der Waals surface area contributed by atoms with Crippen LogP contribution >= 0.6 is 0 Å². The van der Waals surface area contributed by atoms with E-state index in [0.717, 1.165) is 16.7 Å². The number of rotatable bonds is 0. The lowest BCUT2D eigenvalue weighted by Crippen LogP contribution is -2.71. The molecule has 3 heterocycles. The van der Waals surface area contributed by atoms with E-state index in [1.165, 1.54) is 12.1 Å². The number of carbonyl (C=O) groups is 1. The fourth-order valence-corrected chi connectivity index (χ4v) is 6.59. The van der Waals surface area contributed by atoms with E-state index in [9.17, 15) is 19.8 Å². The molecule has 0 amide bonds. The van der Waals surface area contributed by atoms with Crippen LogP contribution in [0.4, 0.5) is 0 Å². The number of aryl methyl sites for hydroxylation is 1. The first-order valence-corrected chi connectivity index (χ1v) is 8.77. The first-order valence-electron chi connectivity index (χ1n) is 8.77. The van der Waals surface area contributed by atoms with Gasteiger partial charge in [-0.05, 0) is 47.7 Å². The standard InChI is InChI=1S/C19H18O6/c1-6-3-8(20)4-9-10(21)5-18-7(2)13-16(25-17(18)22)19(23)14(18)12(9)11(6)15(19)24-13/h3-4,7,10,13-16,21,23H,5H2,1-2H3/t7?,10-,13?,14+,15+,16-,18-,19+/m1/s1. The monoisotopic (exact) mass is 342 g/mol. The molecule has 0 aromatic heterocycles. The molecule has 7 rings (SSSR count). The SMILES string of the molecule is Cc1cc(=O)cc2c3c1[C@@H]1OC4C(C)[C@@]5(C[C@H]2O)C(=O)O[C@H]4[C@]1(O)[C@@H]35. The molecule has 1 aromatic carbocycles. The highest BCUT2D eigenvalue weighted by molar-refractivity contribution is 5.85. The van der Waals surface area contributed by atoms with Gasteiger partial charge in [-0.1, -0.05) is 6.92 Å². The molecule has 8 atom stereocenters. The summed E-state index contributed by atoms with van der Waals surface area (Å²) in [6.45, 7) is 3.77. The number of aliphatic hydroxyl groups excluding tert-OH is 1. The summed E-state index contributed by atoms with van der Waals surface area (Å²) in [7, 11) is 0. The lowest BCUT2D eigenvalue weighted by Gasteiger charge is -2.60. The van der Waals surface area contributed by atoms with E-state index in [0.29, 0.717) is 5.56 Å². The summed E-state index contributed by atoms with van der Waals surface area (Å²) in [4.78, 5) is 25.2. The summed E-state index contributed by atoms with van der Waals surface area (Å²) in [5, 5.41) is 22.5. The van der Waals surface area contributed by atoms with Crippen LogP contribution < -0.4 is 5.43 Å². The van der Waals surface area contributed by atoms with Crippen molar-refractivity contribution in [1.29, 1.82) is 0 Å². The molecule has 25 heavy (non-hydrogen) atoms. The molecular formula is C19H18O6. The highest BCUT2D eigenvalue weighted by atomic mass is 16.6. The molecule has 2 unspecified atom stereocenters. The average Bonchev–Trinajstić information content (AvgIpc) is 2.89. The van der Waals surface area contributed by atoms with Gasteiger partial charge in [0, 0.05) is 11.8 Å². The number of hydrogen-bond donors (Lipinski definition) is 2. The van der Waals surface area contributed by atoms with Crippen LogP contribution in [0.15, 0.2) is 16.9 Å². The van der Waals surface area contributed by atoms with Crippen molar-refractivity contribution >= 4 is 5.97 Å². The summed E-state index contributed by atoms with van der Waals surface area (Å²) in [6.07, 6.45) is -2.50. The Kier molecular flexibility index (Phi) is 2.20. The molecule has 4 fully saturated rings. The Morgan fingerprint density at radius 1 is 1.24 bits per heavy atom. The summed E-state index contributed by atoms with van der Waals surface area (Å²) in [5.41, 5.74) is 0.231. The minimum absolute atomic E-state index is 0.147. The predicted molar refractivity (Wildman–Crippen MR) is 83.8 cm³/mol. The Balaban J connectivity index is 1.82. The van der Waals surface area contributed by atoms with Crippen molar-refractivity contribution < 1.29 is 24.5 Å². The van der Waals surface area contributed by atoms with E-state index >= 15 is 0 Å². The maximum absolute atomic E-state index is 12.9. The van der Waals surface area contributed by atoms with Crippen molar-refractivity contribution in [2.75, 3.05) is 0 Å². The summed E-state index contributed by atoms with van der Waals surface area (Å²) < 4.78 is 11.9. The molecule has 0 radical (unpaired) electrons. The lowest BCUT2D eigenvalue weighted by atomic mass is 9.48. The molecule has 1 saturated carbocycles. The molecule has 6 aliphatic rings. The van der Waals surface area contributed by atoms with Gasteiger partial charge in [-0.2, -0.15) is 0 Å². The molecule has 3 aliphatic carbocycles. The molecule has 6 nitrogen and oxygen atoms in total. The second kappa shape index (κ2) is 3.82. The Morgan fingerprint density at radius 2 is 2.00 bits per heavy atom. The molecular weight excluding hydrogens is 324 g/mol. The van der Waals surface area contributed by atoms with Gasteiger partial charge in [-0.25, -0.2) is 0 Å². The van der Waals surface area contributed by atoms with Crippen molar-refractivity contribution in [3.63, 3.8) is 0 Å². The molecule has 3 saturated heterocycles. The minimum Gasteiger partial charge on any atom is -0.456 e. The van der Waals surface area contributed by atoms with E-state index in [1.807, 2.05) is 13.8 Å². The third kappa shape index (κ3) is 1.20. The average molecular weight is 342 g/mol. The molecule has 6 heteroatoms. The quantitative estimate of drug-likeness (QED) is 0.672. The number of carbonyl (C=O) groups excluding carboxylic acids is 1. The molecule has 130 valence electrons. The van der Waals surface area contributed by atoms with Gasteiger partial charge in [0.05, 0.1) is 11.5 Å². The van der Waals surface area contributed by atoms with Gasteiger partial charge in [0.2, 0.25) is 0 Å². The highest BCUT2D eigenvalue weighted by Gasteiger charge is 2.83. The Hall–Kier alpha value is -1.76. The van der Waals surface area contributed by atoms with Crippen molar-refractivity contribution in [2.24, 2.45) is 11.3 Å². The van der Waals surface area contributed by atoms with Crippen LogP contribution in [0.3, 0.4) is 0 Å². The molecule has 2 N–H and O–H groups in total. The van der Waals surface area contributed by atoms with Crippen LogP contribution in [0.25, 0.3) is 0 Å². The minimum atomic E-state index is -1.32. The van der Waals surface area contributed by atoms with Gasteiger partial charge in [-0.15, -0.1) is 0 Å². The van der Waals surface area contributed by atoms with Gasteiger partial charge in [0.25, 0.3) is 0 Å². The van der Waals surface area contributed by atoms with Crippen LogP contribution in [0.2, 0.25) is 0 Å². The summed E-state index contributed by atoms with van der Waals surface area (Å²) >= 11 is 0. The smallest absolute Gasteiger partial charge is 0.313 e. The van der Waals surface area contributed by atoms with Gasteiger partial charge < -0.3 is 19.7 Å². The third-order valence-electron chi connectivity index (χ3n) is 7.49. The van der Waals surface area contributed by atoms with E-state index in [4.69, 9.17) is 9.47 Å².